The molecule has 0 radical (unpaired) electrons. The lowest BCUT2D eigenvalue weighted by molar-refractivity contribution is -0.219. The molecule has 3 aliphatic heterocycles. The lowest BCUT2D eigenvalue weighted by Crippen LogP contribution is -2.65. The van der Waals surface area contributed by atoms with Crippen molar-refractivity contribution in [2.75, 3.05) is 73.4 Å². The molecular weight excluding hydrogens is 1380 g/mol. The van der Waals surface area contributed by atoms with Gasteiger partial charge in [-0.25, -0.2) is 4.79 Å². The molecule has 107 heavy (non-hydrogen) atoms. The highest BCUT2D eigenvalue weighted by atomic mass is 16.5. The number of nitrogens with two attached hydrogens (primary N) is 1. The first-order valence-corrected chi connectivity index (χ1v) is 37.4. The summed E-state index contributed by atoms with van der Waals surface area (Å²) < 4.78 is 17.9. The molecule has 31 heteroatoms. The van der Waals surface area contributed by atoms with Gasteiger partial charge < -0.3 is 87.6 Å². The van der Waals surface area contributed by atoms with Crippen LogP contribution in [0.5, 0.6) is 0 Å². The first-order chi connectivity index (χ1) is 50.6. The third-order valence-electron chi connectivity index (χ3n) is 20.3. The number of hydrogen-bond donors (Lipinski definition) is 12. The number of rotatable bonds is 43. The molecule has 31 nitrogen and oxygen atoms in total. The zero-order chi connectivity index (χ0) is 79.5. The Morgan fingerprint density at radius 2 is 1.31 bits per heavy atom. The molecule has 10 unspecified atom stereocenters. The molecule has 13 amide bonds. The number of carbonyl (C=O) groups excluding carboxylic acids is 12. The second-order valence-electron chi connectivity index (χ2n) is 29.5. The van der Waals surface area contributed by atoms with Crippen LogP contribution >= 0.6 is 0 Å². The van der Waals surface area contributed by atoms with E-state index in [0.717, 1.165) is 16.0 Å². The van der Waals surface area contributed by atoms with Gasteiger partial charge in [0.25, 0.3) is 17.7 Å². The Morgan fingerprint density at radius 3 is 1.90 bits per heavy atom. The van der Waals surface area contributed by atoms with Gasteiger partial charge in [0, 0.05) is 84.7 Å². The third-order valence-corrected chi connectivity index (χ3v) is 20.3. The number of aliphatic hydroxyl groups is 3. The van der Waals surface area contributed by atoms with Crippen molar-refractivity contribution in [3.63, 3.8) is 0 Å². The number of hydrogen-bond acceptors (Lipinski definition) is 19. The number of amides is 13. The average molecular weight is 1500 g/mol. The maximum absolute atomic E-state index is 14.7. The molecule has 2 saturated heterocycles. The second-order valence-corrected chi connectivity index (χ2v) is 29.5. The Kier molecular flexibility index (Phi) is 36.3. The number of benzene rings is 2. The number of imide groups is 1. The van der Waals surface area contributed by atoms with Crippen LogP contribution in [-0.2, 0) is 79.8 Å². The molecule has 5 rings (SSSR count). The number of nitrogens with one attached hydrogen (secondary N) is 8. The number of likely N-dealkylation sites (N-methyl/N-ethyl adjacent to an activating group) is 2. The number of anilines is 1. The Labute approximate surface area is 629 Å². The number of urea groups is 1. The number of aliphatic hydroxyl groups excluding tert-OH is 3. The number of methoxy groups -OCH3 is 2. The highest BCUT2D eigenvalue weighted by Crippen LogP contribution is 2.31. The number of primary amides is 1. The summed E-state index contributed by atoms with van der Waals surface area (Å²) in [5.41, 5.74) is 7.15. The van der Waals surface area contributed by atoms with Crippen molar-refractivity contribution in [2.45, 2.75) is 224 Å². The van der Waals surface area contributed by atoms with Crippen LogP contribution in [0.4, 0.5) is 10.5 Å². The van der Waals surface area contributed by atoms with E-state index < -0.39 is 150 Å². The van der Waals surface area contributed by atoms with E-state index in [1.165, 1.54) is 26.4 Å². The van der Waals surface area contributed by atoms with Crippen LogP contribution in [-0.4, -0.2) is 259 Å². The Hall–Kier alpha value is -8.46. The van der Waals surface area contributed by atoms with Gasteiger partial charge >= 0.3 is 6.03 Å². The molecule has 0 bridgehead atoms. The fourth-order valence-electron chi connectivity index (χ4n) is 14.1. The molecule has 2 fully saturated rings. The van der Waals surface area contributed by atoms with Gasteiger partial charge in [-0.05, 0) is 106 Å². The predicted molar refractivity (Wildman–Crippen MR) is 399 cm³/mol. The van der Waals surface area contributed by atoms with Crippen molar-refractivity contribution in [2.24, 2.45) is 35.3 Å². The smallest absolute Gasteiger partial charge is 0.312 e. The average Bonchev–Trinajstić information content (AvgIpc) is 1.77. The van der Waals surface area contributed by atoms with Crippen molar-refractivity contribution in [3.8, 4) is 0 Å². The lowest BCUT2D eigenvalue weighted by Gasteiger charge is -2.41. The van der Waals surface area contributed by atoms with Crippen molar-refractivity contribution in [1.82, 2.24) is 56.8 Å². The number of unbranched alkanes of at least 4 members (excludes halogenated alkanes) is 2. The van der Waals surface area contributed by atoms with Gasteiger partial charge in [-0.2, -0.15) is 0 Å². The Bertz CT molecular complexity index is 3300. The molecule has 2 aromatic rings. The fourth-order valence-corrected chi connectivity index (χ4v) is 14.1. The van der Waals surface area contributed by atoms with Crippen LogP contribution in [0.1, 0.15) is 138 Å². The standard InChI is InChI=1S/C76H119N13O18/c1-15-46(8)63(87(12)75(103)61(44(4)5)85-73(101)62(45(6)7)86(10)11)54(105-13)41-59(93)88-39-23-27-53(88)67(106-14)47(9)69(97)83-52(40-49-24-18-16-19-25-49)70(98)78-37-35-48-29-31-50(32-30-48)81-71(99)51(26-22-36-79-76(77)104)82-72(100)60(43(2)3)84-74(102)68-66(96)65(95)64(94)55(107-68)42-80-56(90)28-20-17-21-38-89-57(91)33-34-58(89)92/h16,18-19,24-25,29-34,43-47,51-55,60-68,94-96H,15,17,20-23,26-28,35-42H2,1-14H3,(H,78,98)(H,80,90)(H,81,99)(H,82,100)(H,83,97)(H,84,102)(H,85,101)(H3,77,79,104)/t46?,47?,51-,52-,53?,54?,55?,60?,61-,62?,63?,64-,65+,66-,67?,68?/m0/s1. The van der Waals surface area contributed by atoms with Crippen LogP contribution in [0.15, 0.2) is 66.7 Å². The first kappa shape index (κ1) is 89.2. The predicted octanol–water partition coefficient (Wildman–Crippen LogP) is 1.18. The maximum Gasteiger partial charge on any atom is 0.312 e. The van der Waals surface area contributed by atoms with Crippen LogP contribution in [0.3, 0.4) is 0 Å². The minimum atomic E-state index is -1.97. The molecule has 0 aliphatic carbocycles. The van der Waals surface area contributed by atoms with Crippen molar-refractivity contribution >= 4 is 76.7 Å². The van der Waals surface area contributed by atoms with Gasteiger partial charge in [-0.1, -0.05) is 118 Å². The molecule has 596 valence electrons. The van der Waals surface area contributed by atoms with Gasteiger partial charge in [-0.3, -0.25) is 62.5 Å². The topological polar surface area (TPSA) is 428 Å². The van der Waals surface area contributed by atoms with Gasteiger partial charge in [0.15, 0.2) is 6.10 Å². The number of ether oxygens (including phenoxy) is 3. The van der Waals surface area contributed by atoms with E-state index in [1.54, 1.807) is 61.9 Å². The van der Waals surface area contributed by atoms with Crippen LogP contribution in [0.25, 0.3) is 0 Å². The van der Waals surface area contributed by atoms with Crippen LogP contribution in [0, 0.1) is 29.6 Å². The maximum atomic E-state index is 14.7. The van der Waals surface area contributed by atoms with E-state index in [-0.39, 0.29) is 93.8 Å². The normalized spacial score (nSPS) is 20.8. The summed E-state index contributed by atoms with van der Waals surface area (Å²) in [7, 11) is 8.36. The zero-order valence-corrected chi connectivity index (χ0v) is 64.7. The molecule has 3 heterocycles. The summed E-state index contributed by atoms with van der Waals surface area (Å²) in [4.78, 5) is 168. The molecule has 0 spiro atoms. The number of carbonyl (C=O) groups is 12. The van der Waals surface area contributed by atoms with Gasteiger partial charge in [0.1, 0.15) is 48.6 Å². The number of nitrogens with zero attached hydrogens (tertiary/aromatic N) is 4. The van der Waals surface area contributed by atoms with Crippen molar-refractivity contribution < 1.29 is 87.1 Å². The van der Waals surface area contributed by atoms with Gasteiger partial charge in [0.2, 0.25) is 47.3 Å². The third kappa shape index (κ3) is 26.1. The summed E-state index contributed by atoms with van der Waals surface area (Å²) >= 11 is 0. The molecule has 2 aromatic carbocycles. The Morgan fingerprint density at radius 1 is 0.664 bits per heavy atom. The summed E-state index contributed by atoms with van der Waals surface area (Å²) in [6.45, 7) is 17.0. The van der Waals surface area contributed by atoms with Crippen LogP contribution in [0.2, 0.25) is 0 Å². The lowest BCUT2D eigenvalue weighted by atomic mass is 9.89. The van der Waals surface area contributed by atoms with E-state index >= 15 is 0 Å². The summed E-state index contributed by atoms with van der Waals surface area (Å²) in [6, 6.07) is 9.08. The van der Waals surface area contributed by atoms with Gasteiger partial charge in [0.05, 0.1) is 42.7 Å². The Balaban J connectivity index is 1.19. The van der Waals surface area contributed by atoms with Crippen molar-refractivity contribution in [3.05, 3.63) is 77.9 Å². The van der Waals surface area contributed by atoms with Crippen molar-refractivity contribution in [1.29, 1.82) is 0 Å². The molecule has 13 N–H and O–H groups in total. The molecule has 0 saturated carbocycles. The highest BCUT2D eigenvalue weighted by molar-refractivity contribution is 6.12. The SMILES string of the molecule is CCC(C)C(C(CC(=O)N1CCCC1C(OC)C(C)C(=O)N[C@@H](Cc1ccccc1)C(=O)NCCc1ccc(NC(=O)[C@H](CCCNC(N)=O)NC(=O)C(NC(=O)C2OC(CNC(=O)CCCCCN3C(=O)C=CC3=O)[C@H](O)[C@@H](O)[C@@H]2O)C(C)C)cc1)OC)N(C)C(=O)[C@@H](NC(=O)C(C(C)C)N(C)C)C(C)C. The minimum Gasteiger partial charge on any atom is -0.388 e. The van der Waals surface area contributed by atoms with E-state index in [4.69, 9.17) is 19.9 Å². The van der Waals surface area contributed by atoms with E-state index in [9.17, 15) is 72.9 Å². The number of likely N-dealkylation sites (tertiary alicyclic amines) is 1. The fraction of sp³-hybridized carbons (Fsp3) is 0.658. The summed E-state index contributed by atoms with van der Waals surface area (Å²) in [5, 5.41) is 54.6. The van der Waals surface area contributed by atoms with E-state index in [0.29, 0.717) is 57.2 Å². The summed E-state index contributed by atoms with van der Waals surface area (Å²) in [5.74, 6) is -7.36. The molecule has 16 atom stereocenters. The minimum absolute atomic E-state index is 0.0164. The van der Waals surface area contributed by atoms with E-state index in [2.05, 4.69) is 42.5 Å². The molecular formula is C76H119N13O18. The first-order valence-electron chi connectivity index (χ1n) is 37.4. The van der Waals surface area contributed by atoms with Crippen LogP contribution < -0.4 is 48.3 Å². The summed E-state index contributed by atoms with van der Waals surface area (Å²) in [6.07, 6.45) is -4.18. The van der Waals surface area contributed by atoms with Gasteiger partial charge in [-0.15, -0.1) is 0 Å². The molecule has 3 aliphatic rings. The van der Waals surface area contributed by atoms with E-state index in [1.807, 2.05) is 90.9 Å². The highest BCUT2D eigenvalue weighted by Gasteiger charge is 2.49. The molecule has 0 aromatic heterocycles. The largest absolute Gasteiger partial charge is 0.388 e. The quantitative estimate of drug-likeness (QED) is 0.0328. The second kappa shape index (κ2) is 43.5. The zero-order valence-electron chi connectivity index (χ0n) is 64.7. The monoisotopic (exact) mass is 1500 g/mol.